The zero-order valence-corrected chi connectivity index (χ0v) is 18.1. The number of aromatic nitrogens is 6. The van der Waals surface area contributed by atoms with Gasteiger partial charge in [-0.15, -0.1) is 21.5 Å². The van der Waals surface area contributed by atoms with E-state index >= 15 is 0 Å². The summed E-state index contributed by atoms with van der Waals surface area (Å²) in [6.45, 7) is 8.42. The van der Waals surface area contributed by atoms with E-state index in [-0.39, 0.29) is 5.54 Å². The molecule has 8 nitrogen and oxygen atoms in total. The van der Waals surface area contributed by atoms with Gasteiger partial charge in [0.1, 0.15) is 5.69 Å². The van der Waals surface area contributed by atoms with E-state index in [1.54, 1.807) is 11.3 Å². The second-order valence-corrected chi connectivity index (χ2v) is 9.50. The Morgan fingerprint density at radius 1 is 1.13 bits per heavy atom. The van der Waals surface area contributed by atoms with Gasteiger partial charge in [0.15, 0.2) is 0 Å². The second kappa shape index (κ2) is 7.41. The Labute approximate surface area is 178 Å². The van der Waals surface area contributed by atoms with Crippen LogP contribution in [0.1, 0.15) is 27.2 Å². The van der Waals surface area contributed by atoms with Crippen LogP contribution in [0.25, 0.3) is 32.6 Å². The highest BCUT2D eigenvalue weighted by Crippen LogP contribution is 2.36. The molecule has 1 aliphatic rings. The van der Waals surface area contributed by atoms with Crippen LogP contribution in [0.3, 0.4) is 0 Å². The van der Waals surface area contributed by atoms with Crippen molar-refractivity contribution in [1.82, 2.24) is 35.7 Å². The van der Waals surface area contributed by atoms with Gasteiger partial charge in [-0.05, 0) is 27.2 Å². The quantitative estimate of drug-likeness (QED) is 0.522. The van der Waals surface area contributed by atoms with E-state index in [9.17, 15) is 0 Å². The number of fused-ring (bicyclic) bond motifs is 1. The maximum Gasteiger partial charge on any atom is 0.245 e. The maximum atomic E-state index is 4.63. The fourth-order valence-electron chi connectivity index (χ4n) is 3.99. The van der Waals surface area contributed by atoms with Gasteiger partial charge in [0.25, 0.3) is 0 Å². The van der Waals surface area contributed by atoms with E-state index in [4.69, 9.17) is 0 Å². The van der Waals surface area contributed by atoms with E-state index in [0.717, 1.165) is 52.1 Å². The minimum absolute atomic E-state index is 0.104. The lowest BCUT2D eigenvalue weighted by atomic mass is 10.0. The van der Waals surface area contributed by atoms with Gasteiger partial charge in [-0.25, -0.2) is 9.97 Å². The maximum absolute atomic E-state index is 4.63. The number of nitrogens with one attached hydrogen (secondary N) is 2. The molecule has 1 saturated heterocycles. The summed E-state index contributed by atoms with van der Waals surface area (Å²) in [4.78, 5) is 11.4. The van der Waals surface area contributed by atoms with E-state index < -0.39 is 0 Å². The van der Waals surface area contributed by atoms with Crippen molar-refractivity contribution in [2.24, 2.45) is 0 Å². The molecular weight excluding hydrogens is 396 g/mol. The summed E-state index contributed by atoms with van der Waals surface area (Å²) in [7, 11) is 0. The molecular formula is C21H24N8S. The van der Waals surface area contributed by atoms with Crippen LogP contribution in [0.4, 0.5) is 5.95 Å². The van der Waals surface area contributed by atoms with Gasteiger partial charge in [-0.3, -0.25) is 5.10 Å². The van der Waals surface area contributed by atoms with E-state index in [1.165, 1.54) is 0 Å². The van der Waals surface area contributed by atoms with Crippen LogP contribution in [-0.2, 0) is 0 Å². The summed E-state index contributed by atoms with van der Waals surface area (Å²) >= 11 is 1.60. The summed E-state index contributed by atoms with van der Waals surface area (Å²) in [5, 5.41) is 19.5. The van der Waals surface area contributed by atoms with Crippen molar-refractivity contribution < 1.29 is 0 Å². The lowest BCUT2D eigenvalue weighted by molar-refractivity contribution is 0.373. The third-order valence-electron chi connectivity index (χ3n) is 5.23. The van der Waals surface area contributed by atoms with E-state index in [1.807, 2.05) is 24.1 Å². The normalized spacial score (nSPS) is 17.2. The monoisotopic (exact) mass is 420 g/mol. The molecule has 1 aliphatic heterocycles. The zero-order chi connectivity index (χ0) is 20.7. The van der Waals surface area contributed by atoms with Crippen molar-refractivity contribution in [3.8, 4) is 22.4 Å². The highest BCUT2D eigenvalue weighted by atomic mass is 32.1. The summed E-state index contributed by atoms with van der Waals surface area (Å²) in [5.41, 5.74) is 6.74. The molecule has 9 heteroatoms. The van der Waals surface area contributed by atoms with Crippen molar-refractivity contribution >= 4 is 27.5 Å². The number of rotatable bonds is 4. The fourth-order valence-corrected chi connectivity index (χ4v) is 4.83. The topological polar surface area (TPSA) is 95.5 Å². The first-order chi connectivity index (χ1) is 14.5. The summed E-state index contributed by atoms with van der Waals surface area (Å²) in [6.07, 6.45) is 6.59. The molecule has 0 spiro atoms. The first kappa shape index (κ1) is 19.1. The van der Waals surface area contributed by atoms with Gasteiger partial charge in [-0.1, -0.05) is 12.1 Å². The number of aromatic amines is 1. The Morgan fingerprint density at radius 2 is 2.00 bits per heavy atom. The molecule has 0 saturated carbocycles. The van der Waals surface area contributed by atoms with Crippen molar-refractivity contribution in [3.05, 3.63) is 36.2 Å². The minimum Gasteiger partial charge on any atom is -0.338 e. The average Bonchev–Trinajstić information content (AvgIpc) is 3.47. The first-order valence-electron chi connectivity index (χ1n) is 10.1. The molecule has 4 heterocycles. The lowest BCUT2D eigenvalue weighted by Crippen LogP contribution is -2.45. The molecule has 1 atom stereocenters. The number of hydrogen-bond acceptors (Lipinski definition) is 8. The van der Waals surface area contributed by atoms with Gasteiger partial charge in [0.05, 0.1) is 28.1 Å². The first-order valence-corrected chi connectivity index (χ1v) is 10.9. The second-order valence-electron chi connectivity index (χ2n) is 8.65. The molecule has 1 aromatic carbocycles. The summed E-state index contributed by atoms with van der Waals surface area (Å²) in [6, 6.07) is 4.56. The zero-order valence-electron chi connectivity index (χ0n) is 17.3. The van der Waals surface area contributed by atoms with Crippen LogP contribution in [-0.4, -0.2) is 55.0 Å². The Hall–Kier alpha value is -2.91. The predicted molar refractivity (Wildman–Crippen MR) is 120 cm³/mol. The smallest absolute Gasteiger partial charge is 0.245 e. The highest BCUT2D eigenvalue weighted by Gasteiger charge is 2.27. The lowest BCUT2D eigenvalue weighted by Gasteiger charge is -2.25. The standard InChI is InChI=1S/C21H24N8S/c1-21(2,3)26-14-6-7-29(11-14)20-22-10-17(27-28-20)16-5-4-15(13-8-24-25-9-13)18-19(16)30-12-23-18/h4-5,8-10,12,14,26H,6-7,11H2,1-3H3,(H,24,25). The van der Waals surface area contributed by atoms with Gasteiger partial charge < -0.3 is 10.2 Å². The third kappa shape index (κ3) is 3.66. The van der Waals surface area contributed by atoms with Gasteiger partial charge in [-0.2, -0.15) is 5.10 Å². The molecule has 1 unspecified atom stereocenters. The Bertz CT molecular complexity index is 1140. The molecule has 2 N–H and O–H groups in total. The van der Waals surface area contributed by atoms with Crippen LogP contribution in [0.15, 0.2) is 36.2 Å². The molecule has 4 aromatic rings. The van der Waals surface area contributed by atoms with Gasteiger partial charge in [0, 0.05) is 47.6 Å². The number of H-pyrrole nitrogens is 1. The highest BCUT2D eigenvalue weighted by molar-refractivity contribution is 7.17. The molecule has 154 valence electrons. The third-order valence-corrected chi connectivity index (χ3v) is 6.09. The largest absolute Gasteiger partial charge is 0.338 e. The fraction of sp³-hybridized carbons (Fsp3) is 0.381. The number of nitrogens with zero attached hydrogens (tertiary/aromatic N) is 6. The Kier molecular flexibility index (Phi) is 4.71. The average molecular weight is 421 g/mol. The number of hydrogen-bond donors (Lipinski definition) is 2. The number of thiazole rings is 1. The number of anilines is 1. The molecule has 0 bridgehead atoms. The molecule has 0 aliphatic carbocycles. The minimum atomic E-state index is 0.104. The molecule has 5 rings (SSSR count). The Morgan fingerprint density at radius 3 is 2.73 bits per heavy atom. The molecule has 0 radical (unpaired) electrons. The van der Waals surface area contributed by atoms with Crippen LogP contribution < -0.4 is 10.2 Å². The molecule has 3 aromatic heterocycles. The van der Waals surface area contributed by atoms with Crippen molar-refractivity contribution in [2.45, 2.75) is 38.8 Å². The Balaban J connectivity index is 1.40. The number of benzene rings is 1. The summed E-state index contributed by atoms with van der Waals surface area (Å²) < 4.78 is 1.08. The van der Waals surface area contributed by atoms with Crippen LogP contribution in [0.2, 0.25) is 0 Å². The molecule has 30 heavy (non-hydrogen) atoms. The van der Waals surface area contributed by atoms with Gasteiger partial charge in [0.2, 0.25) is 5.95 Å². The van der Waals surface area contributed by atoms with Crippen LogP contribution >= 0.6 is 11.3 Å². The van der Waals surface area contributed by atoms with Crippen molar-refractivity contribution in [2.75, 3.05) is 18.0 Å². The predicted octanol–water partition coefficient (Wildman–Crippen LogP) is 3.51. The van der Waals surface area contributed by atoms with E-state index in [2.05, 4.69) is 73.5 Å². The summed E-state index contributed by atoms with van der Waals surface area (Å²) in [5.74, 6) is 0.688. The van der Waals surface area contributed by atoms with Crippen molar-refractivity contribution in [3.63, 3.8) is 0 Å². The SMILES string of the molecule is CC(C)(C)NC1CCN(c2ncc(-c3ccc(-c4cn[nH]c4)c4ncsc34)nn2)C1. The van der Waals surface area contributed by atoms with E-state index in [0.29, 0.717) is 12.0 Å². The molecule has 1 fully saturated rings. The van der Waals surface area contributed by atoms with Crippen LogP contribution in [0.5, 0.6) is 0 Å². The van der Waals surface area contributed by atoms with Crippen LogP contribution in [0, 0.1) is 0 Å². The van der Waals surface area contributed by atoms with Gasteiger partial charge >= 0.3 is 0 Å². The molecule has 0 amide bonds. The van der Waals surface area contributed by atoms with Crippen molar-refractivity contribution in [1.29, 1.82) is 0 Å².